The summed E-state index contributed by atoms with van der Waals surface area (Å²) in [5, 5.41) is 0. The molecule has 82 valence electrons. The van der Waals surface area contributed by atoms with E-state index < -0.39 is 13.9 Å². The van der Waals surface area contributed by atoms with Crippen molar-refractivity contribution in [3.05, 3.63) is 59.1 Å². The fourth-order valence-corrected chi connectivity index (χ4v) is 4.54. The van der Waals surface area contributed by atoms with Gasteiger partial charge in [0.25, 0.3) is 0 Å². The van der Waals surface area contributed by atoms with Crippen molar-refractivity contribution in [1.82, 2.24) is 0 Å². The third kappa shape index (κ3) is 3.28. The van der Waals surface area contributed by atoms with E-state index in [1.165, 1.54) is 4.35 Å². The Morgan fingerprint density at radius 1 is 0.938 bits per heavy atom. The Morgan fingerprint density at radius 3 is 2.19 bits per heavy atom. The second-order valence-corrected chi connectivity index (χ2v) is 8.64. The SMILES string of the molecule is Cl[As](Nc1ccccc1)c1ccc(Br)cc1. The van der Waals surface area contributed by atoms with Crippen LogP contribution >= 0.6 is 25.9 Å². The normalized spacial score (nSPS) is 12.1. The number of hydrogen-bond acceptors (Lipinski definition) is 1. The molecule has 2 rings (SSSR count). The fraction of sp³-hybridized carbons (Fsp3) is 0. The Balaban J connectivity index is 2.09. The molecule has 0 heterocycles. The van der Waals surface area contributed by atoms with Crippen LogP contribution in [0.1, 0.15) is 0 Å². The first kappa shape index (κ1) is 12.0. The van der Waals surface area contributed by atoms with Crippen LogP contribution in [-0.2, 0) is 0 Å². The predicted molar refractivity (Wildman–Crippen MR) is 75.4 cm³/mol. The van der Waals surface area contributed by atoms with Gasteiger partial charge in [0.15, 0.2) is 0 Å². The number of para-hydroxylation sites is 1. The first-order chi connectivity index (χ1) is 7.75. The first-order valence-electron chi connectivity index (χ1n) is 4.79. The number of benzene rings is 2. The minimum absolute atomic E-state index is 1.08. The summed E-state index contributed by atoms with van der Waals surface area (Å²) in [5.74, 6) is 0. The van der Waals surface area contributed by atoms with E-state index in [4.69, 9.17) is 9.95 Å². The van der Waals surface area contributed by atoms with Crippen LogP contribution in [0, 0.1) is 0 Å². The summed E-state index contributed by atoms with van der Waals surface area (Å²) >= 11 is 1.74. The van der Waals surface area contributed by atoms with Crippen molar-refractivity contribution < 1.29 is 0 Å². The van der Waals surface area contributed by atoms with Gasteiger partial charge in [-0.1, -0.05) is 0 Å². The molecule has 16 heavy (non-hydrogen) atoms. The molecule has 0 spiro atoms. The summed E-state index contributed by atoms with van der Waals surface area (Å²) in [7, 11) is 6.41. The summed E-state index contributed by atoms with van der Waals surface area (Å²) in [6, 6.07) is 18.2. The third-order valence-corrected chi connectivity index (χ3v) is 6.57. The van der Waals surface area contributed by atoms with Gasteiger partial charge in [0, 0.05) is 0 Å². The molecule has 4 heteroatoms. The second kappa shape index (κ2) is 5.77. The number of hydrogen-bond donors (Lipinski definition) is 1. The molecule has 0 aliphatic rings. The molecular weight excluding hydrogens is 348 g/mol. The Bertz CT molecular complexity index is 446. The van der Waals surface area contributed by atoms with E-state index in [0.29, 0.717) is 0 Å². The van der Waals surface area contributed by atoms with Crippen LogP contribution in [0.2, 0.25) is 0 Å². The molecule has 0 amide bonds. The van der Waals surface area contributed by atoms with Gasteiger partial charge in [-0.2, -0.15) is 0 Å². The van der Waals surface area contributed by atoms with E-state index in [9.17, 15) is 0 Å². The Kier molecular flexibility index (Phi) is 4.34. The number of halogens is 2. The van der Waals surface area contributed by atoms with E-state index in [2.05, 4.69) is 32.3 Å². The van der Waals surface area contributed by atoms with Crippen LogP contribution in [0.3, 0.4) is 0 Å². The van der Waals surface area contributed by atoms with Gasteiger partial charge in [-0.05, 0) is 0 Å². The van der Waals surface area contributed by atoms with E-state index in [1.807, 2.05) is 42.5 Å². The van der Waals surface area contributed by atoms with Crippen molar-refractivity contribution >= 4 is 49.9 Å². The molecule has 1 nitrogen and oxygen atoms in total. The average molecular weight is 358 g/mol. The van der Waals surface area contributed by atoms with Crippen LogP contribution in [0.5, 0.6) is 0 Å². The molecule has 2 aromatic rings. The molecule has 0 bridgehead atoms. The Labute approximate surface area is 113 Å². The monoisotopic (exact) mass is 357 g/mol. The second-order valence-electron chi connectivity index (χ2n) is 3.24. The minimum atomic E-state index is -1.68. The number of anilines is 1. The summed E-state index contributed by atoms with van der Waals surface area (Å²) in [6.07, 6.45) is 0. The summed E-state index contributed by atoms with van der Waals surface area (Å²) in [6.45, 7) is 0. The van der Waals surface area contributed by atoms with Crippen LogP contribution in [0.4, 0.5) is 5.69 Å². The van der Waals surface area contributed by atoms with Gasteiger partial charge in [0.05, 0.1) is 0 Å². The van der Waals surface area contributed by atoms with Crippen LogP contribution in [0.15, 0.2) is 59.1 Å². The topological polar surface area (TPSA) is 12.0 Å². The van der Waals surface area contributed by atoms with Gasteiger partial charge in [-0.3, -0.25) is 0 Å². The molecule has 1 atom stereocenters. The molecule has 0 fully saturated rings. The molecule has 0 radical (unpaired) electrons. The summed E-state index contributed by atoms with van der Waals surface area (Å²) < 4.78 is 5.65. The van der Waals surface area contributed by atoms with Gasteiger partial charge in [0.1, 0.15) is 0 Å². The van der Waals surface area contributed by atoms with Crippen molar-refractivity contribution in [3.63, 3.8) is 0 Å². The number of rotatable bonds is 3. The summed E-state index contributed by atoms with van der Waals surface area (Å²) in [5.41, 5.74) is 1.08. The Hall–Kier alpha value is -0.432. The van der Waals surface area contributed by atoms with E-state index in [-0.39, 0.29) is 0 Å². The average Bonchev–Trinajstić information content (AvgIpc) is 2.31. The van der Waals surface area contributed by atoms with Gasteiger partial charge >= 0.3 is 113 Å². The fourth-order valence-electron chi connectivity index (χ4n) is 1.26. The molecule has 1 N–H and O–H groups in total. The van der Waals surface area contributed by atoms with Crippen LogP contribution < -0.4 is 8.58 Å². The third-order valence-electron chi connectivity index (χ3n) is 2.05. The van der Waals surface area contributed by atoms with Crippen LogP contribution in [0.25, 0.3) is 0 Å². The summed E-state index contributed by atoms with van der Waals surface area (Å²) in [4.78, 5) is 0. The van der Waals surface area contributed by atoms with Crippen molar-refractivity contribution in [2.75, 3.05) is 4.23 Å². The Morgan fingerprint density at radius 2 is 1.56 bits per heavy atom. The van der Waals surface area contributed by atoms with Gasteiger partial charge < -0.3 is 0 Å². The molecule has 0 aromatic heterocycles. The molecule has 0 aliphatic heterocycles. The zero-order valence-corrected chi connectivity index (χ0v) is 12.6. The zero-order valence-electron chi connectivity index (χ0n) is 8.40. The maximum atomic E-state index is 6.41. The van der Waals surface area contributed by atoms with E-state index >= 15 is 0 Å². The van der Waals surface area contributed by atoms with E-state index in [1.54, 1.807) is 0 Å². The van der Waals surface area contributed by atoms with Crippen molar-refractivity contribution in [2.24, 2.45) is 0 Å². The molecule has 1 unspecified atom stereocenters. The quantitative estimate of drug-likeness (QED) is 0.828. The molecule has 0 saturated carbocycles. The zero-order chi connectivity index (χ0) is 11.4. The maximum absolute atomic E-state index is 6.41. The standard InChI is InChI=1S/C12H10AsBrClN/c14-11-8-6-10(7-9-11)13(15)16-12-4-2-1-3-5-12/h1-9,16H. The van der Waals surface area contributed by atoms with Gasteiger partial charge in [-0.25, -0.2) is 0 Å². The first-order valence-corrected chi connectivity index (χ1v) is 9.92. The predicted octanol–water partition coefficient (Wildman–Crippen LogP) is 3.50. The van der Waals surface area contributed by atoms with Gasteiger partial charge in [-0.15, -0.1) is 0 Å². The van der Waals surface area contributed by atoms with Crippen molar-refractivity contribution in [1.29, 1.82) is 0 Å². The molecule has 2 aromatic carbocycles. The molecule has 0 saturated heterocycles. The van der Waals surface area contributed by atoms with Crippen molar-refractivity contribution in [2.45, 2.75) is 0 Å². The van der Waals surface area contributed by atoms with Crippen LogP contribution in [-0.4, -0.2) is 13.9 Å². The molecular formula is C12H10AsBrClN. The molecule has 0 aliphatic carbocycles. The number of nitrogens with one attached hydrogen (secondary N) is 1. The van der Waals surface area contributed by atoms with Gasteiger partial charge in [0.2, 0.25) is 0 Å². The van der Waals surface area contributed by atoms with E-state index in [0.717, 1.165) is 10.2 Å². The van der Waals surface area contributed by atoms with Crippen molar-refractivity contribution in [3.8, 4) is 0 Å².